The van der Waals surface area contributed by atoms with E-state index in [4.69, 9.17) is 11.6 Å². The van der Waals surface area contributed by atoms with E-state index in [0.29, 0.717) is 4.47 Å². The quantitative estimate of drug-likeness (QED) is 0.662. The molecule has 0 saturated heterocycles. The van der Waals surface area contributed by atoms with Crippen molar-refractivity contribution < 1.29 is 0 Å². The van der Waals surface area contributed by atoms with Crippen LogP contribution < -0.4 is 0 Å². The third kappa shape index (κ3) is 1.25. The predicted molar refractivity (Wildman–Crippen MR) is 61.3 cm³/mol. The second kappa shape index (κ2) is 3.21. The highest BCUT2D eigenvalue weighted by atomic mass is 35.5. The van der Waals surface area contributed by atoms with Gasteiger partial charge >= 0.3 is 0 Å². The topological polar surface area (TPSA) is 12.9 Å². The number of rotatable bonds is 0. The predicted octanol–water partition coefficient (Wildman–Crippen LogP) is 3.83. The van der Waals surface area contributed by atoms with Crippen molar-refractivity contribution in [1.29, 1.82) is 0 Å². The maximum absolute atomic E-state index is 5.93. The fourth-order valence-electron chi connectivity index (χ4n) is 2.19. The standard InChI is InChI=1S/C11H10ClNS/c12-11-13-10-8-4-2-1-3-7(8)5-6-9(10)14-11/h5-6H,1-4H2. The molecule has 1 aliphatic carbocycles. The summed E-state index contributed by atoms with van der Waals surface area (Å²) in [6.45, 7) is 0. The zero-order chi connectivity index (χ0) is 9.54. The van der Waals surface area contributed by atoms with E-state index in [-0.39, 0.29) is 0 Å². The highest BCUT2D eigenvalue weighted by molar-refractivity contribution is 7.22. The van der Waals surface area contributed by atoms with E-state index in [1.807, 2.05) is 0 Å². The number of halogens is 1. The van der Waals surface area contributed by atoms with Gasteiger partial charge in [-0.3, -0.25) is 0 Å². The third-order valence-electron chi connectivity index (χ3n) is 2.86. The minimum atomic E-state index is 0.666. The lowest BCUT2D eigenvalue weighted by Crippen LogP contribution is -2.02. The maximum atomic E-state index is 5.93. The Labute approximate surface area is 91.7 Å². The second-order valence-corrected chi connectivity index (χ2v) is 5.34. The van der Waals surface area contributed by atoms with E-state index in [9.17, 15) is 0 Å². The number of aryl methyl sites for hydroxylation is 2. The van der Waals surface area contributed by atoms with Crippen LogP contribution in [0.3, 0.4) is 0 Å². The lowest BCUT2D eigenvalue weighted by atomic mass is 9.91. The molecule has 0 bridgehead atoms. The first-order valence-electron chi connectivity index (χ1n) is 4.91. The fourth-order valence-corrected chi connectivity index (χ4v) is 3.25. The van der Waals surface area contributed by atoms with E-state index in [1.165, 1.54) is 41.5 Å². The second-order valence-electron chi connectivity index (χ2n) is 3.72. The van der Waals surface area contributed by atoms with Crippen molar-refractivity contribution in [3.05, 3.63) is 27.7 Å². The van der Waals surface area contributed by atoms with Crippen LogP contribution in [0.2, 0.25) is 4.47 Å². The van der Waals surface area contributed by atoms with Gasteiger partial charge in [0.1, 0.15) is 0 Å². The number of benzene rings is 1. The van der Waals surface area contributed by atoms with Crippen LogP contribution in [0.4, 0.5) is 0 Å². The fraction of sp³-hybridized carbons (Fsp3) is 0.364. The van der Waals surface area contributed by atoms with Crippen molar-refractivity contribution in [3.63, 3.8) is 0 Å². The van der Waals surface area contributed by atoms with Crippen LogP contribution in [0.1, 0.15) is 24.0 Å². The van der Waals surface area contributed by atoms with Gasteiger partial charge in [-0.15, -0.1) is 11.3 Å². The van der Waals surface area contributed by atoms with Crippen LogP contribution in [0.25, 0.3) is 10.2 Å². The lowest BCUT2D eigenvalue weighted by Gasteiger charge is -2.15. The molecule has 0 saturated carbocycles. The molecule has 0 spiro atoms. The van der Waals surface area contributed by atoms with E-state index < -0.39 is 0 Å². The zero-order valence-corrected chi connectivity index (χ0v) is 9.29. The molecule has 72 valence electrons. The van der Waals surface area contributed by atoms with Crippen molar-refractivity contribution in [3.8, 4) is 0 Å². The van der Waals surface area contributed by atoms with Crippen LogP contribution in [0.15, 0.2) is 12.1 Å². The molecular weight excluding hydrogens is 214 g/mol. The molecule has 1 aliphatic rings. The Morgan fingerprint density at radius 3 is 3.00 bits per heavy atom. The van der Waals surface area contributed by atoms with Crippen LogP contribution in [0.5, 0.6) is 0 Å². The summed E-state index contributed by atoms with van der Waals surface area (Å²) in [5.74, 6) is 0. The Morgan fingerprint density at radius 2 is 2.07 bits per heavy atom. The largest absolute Gasteiger partial charge is 0.225 e. The first-order valence-corrected chi connectivity index (χ1v) is 6.11. The van der Waals surface area contributed by atoms with E-state index in [2.05, 4.69) is 17.1 Å². The Balaban J connectivity index is 2.33. The summed E-state index contributed by atoms with van der Waals surface area (Å²) in [4.78, 5) is 4.41. The van der Waals surface area contributed by atoms with Gasteiger partial charge in [-0.2, -0.15) is 0 Å². The van der Waals surface area contributed by atoms with Crippen LogP contribution >= 0.6 is 22.9 Å². The average molecular weight is 224 g/mol. The molecule has 0 atom stereocenters. The molecule has 1 heterocycles. The third-order valence-corrected chi connectivity index (χ3v) is 3.98. The average Bonchev–Trinajstić information content (AvgIpc) is 2.59. The van der Waals surface area contributed by atoms with Crippen molar-refractivity contribution >= 4 is 33.2 Å². The van der Waals surface area contributed by atoms with Gasteiger partial charge in [0.05, 0.1) is 10.2 Å². The summed E-state index contributed by atoms with van der Waals surface area (Å²) in [6, 6.07) is 4.40. The molecule has 0 aliphatic heterocycles. The normalized spacial score (nSPS) is 15.8. The minimum Gasteiger partial charge on any atom is -0.225 e. The van der Waals surface area contributed by atoms with Gasteiger partial charge in [0.25, 0.3) is 0 Å². The first kappa shape index (κ1) is 8.69. The molecule has 0 unspecified atom stereocenters. The number of hydrogen-bond acceptors (Lipinski definition) is 2. The van der Waals surface area contributed by atoms with Crippen molar-refractivity contribution in [2.24, 2.45) is 0 Å². The molecule has 2 aromatic rings. The SMILES string of the molecule is Clc1nc2c3c(ccc2s1)CCCC3. The van der Waals surface area contributed by atoms with Crippen LogP contribution in [-0.2, 0) is 12.8 Å². The van der Waals surface area contributed by atoms with Crippen molar-refractivity contribution in [2.75, 3.05) is 0 Å². The van der Waals surface area contributed by atoms with Crippen LogP contribution in [-0.4, -0.2) is 4.98 Å². The molecule has 3 rings (SSSR count). The van der Waals surface area contributed by atoms with E-state index >= 15 is 0 Å². The molecule has 3 heteroatoms. The number of fused-ring (bicyclic) bond motifs is 3. The van der Waals surface area contributed by atoms with E-state index in [0.717, 1.165) is 5.52 Å². The number of nitrogens with zero attached hydrogens (tertiary/aromatic N) is 1. The lowest BCUT2D eigenvalue weighted by molar-refractivity contribution is 0.689. The number of thiazole rings is 1. The zero-order valence-electron chi connectivity index (χ0n) is 7.72. The Kier molecular flexibility index (Phi) is 1.99. The summed E-state index contributed by atoms with van der Waals surface area (Å²) in [6.07, 6.45) is 4.99. The molecule has 0 radical (unpaired) electrons. The van der Waals surface area contributed by atoms with Crippen LogP contribution in [0, 0.1) is 0 Å². The molecule has 0 N–H and O–H groups in total. The highest BCUT2D eigenvalue weighted by Crippen LogP contribution is 2.33. The van der Waals surface area contributed by atoms with Gasteiger partial charge in [-0.1, -0.05) is 17.7 Å². The van der Waals surface area contributed by atoms with Gasteiger partial charge in [-0.25, -0.2) is 4.98 Å². The van der Waals surface area contributed by atoms with Crippen molar-refractivity contribution in [2.45, 2.75) is 25.7 Å². The Bertz CT molecular complexity index is 489. The first-order chi connectivity index (χ1) is 6.84. The summed E-state index contributed by atoms with van der Waals surface area (Å²) in [7, 11) is 0. The van der Waals surface area contributed by atoms with Gasteiger partial charge in [0.15, 0.2) is 4.47 Å². The molecule has 1 aromatic heterocycles. The van der Waals surface area contributed by atoms with Gasteiger partial charge < -0.3 is 0 Å². The monoisotopic (exact) mass is 223 g/mol. The summed E-state index contributed by atoms with van der Waals surface area (Å²) >= 11 is 7.51. The molecule has 0 amide bonds. The highest BCUT2D eigenvalue weighted by Gasteiger charge is 2.14. The number of aromatic nitrogens is 1. The van der Waals surface area contributed by atoms with Gasteiger partial charge in [0.2, 0.25) is 0 Å². The Morgan fingerprint density at radius 1 is 1.21 bits per heavy atom. The summed E-state index contributed by atoms with van der Waals surface area (Å²) < 4.78 is 1.90. The van der Waals surface area contributed by atoms with Gasteiger partial charge in [0, 0.05) is 0 Å². The molecular formula is C11H10ClNS. The summed E-state index contributed by atoms with van der Waals surface area (Å²) in [5.41, 5.74) is 4.07. The molecule has 0 fully saturated rings. The molecule has 1 aromatic carbocycles. The maximum Gasteiger partial charge on any atom is 0.184 e. The smallest absolute Gasteiger partial charge is 0.184 e. The molecule has 14 heavy (non-hydrogen) atoms. The van der Waals surface area contributed by atoms with Crippen molar-refractivity contribution in [1.82, 2.24) is 4.98 Å². The molecule has 1 nitrogen and oxygen atoms in total. The number of hydrogen-bond donors (Lipinski definition) is 0. The minimum absolute atomic E-state index is 0.666. The van der Waals surface area contributed by atoms with E-state index in [1.54, 1.807) is 11.3 Å². The Hall–Kier alpha value is -0.600. The summed E-state index contributed by atoms with van der Waals surface area (Å²) in [5, 5.41) is 0. The van der Waals surface area contributed by atoms with Gasteiger partial charge in [-0.05, 0) is 42.9 Å².